The lowest BCUT2D eigenvalue weighted by molar-refractivity contribution is -0.297. The first-order chi connectivity index (χ1) is 21.8. The van der Waals surface area contributed by atoms with E-state index in [-0.39, 0.29) is 47.6 Å². The van der Waals surface area contributed by atoms with Crippen LogP contribution in [0.3, 0.4) is 0 Å². The molecule has 0 amide bonds. The summed E-state index contributed by atoms with van der Waals surface area (Å²) >= 11 is 0. The lowest BCUT2D eigenvalue weighted by atomic mass is 9.92. The number of nitrogens with zero attached hydrogens (tertiary/aromatic N) is 1. The monoisotopic (exact) mass is 711 g/mol. The SMILES string of the molecule is C=CC[C@H](/C=C/C(C)=C/[C@@H](O[Si](C(C)C)(C(C)C)C(C)C)[C@H]1C[C@@H](OC)C[C@](Cc2nc(OS(=O)(=O)C(F)(F)F)co2)(OC)O1)OC. The fraction of sp³-hybridized carbons (Fsp3) is 0.719. The molecule has 2 heterocycles. The van der Waals surface area contributed by atoms with E-state index in [1.807, 2.05) is 25.2 Å². The highest BCUT2D eigenvalue weighted by Gasteiger charge is 2.52. The normalized spacial score (nSPS) is 23.2. The molecule has 10 nitrogen and oxygen atoms in total. The third-order valence-electron chi connectivity index (χ3n) is 8.65. The predicted octanol–water partition coefficient (Wildman–Crippen LogP) is 7.64. The van der Waals surface area contributed by atoms with Crippen LogP contribution in [0.1, 0.15) is 73.6 Å². The number of hydrogen-bond donors (Lipinski definition) is 0. The van der Waals surface area contributed by atoms with Gasteiger partial charge in [0.2, 0.25) is 14.2 Å². The predicted molar refractivity (Wildman–Crippen MR) is 175 cm³/mol. The Labute approximate surface area is 278 Å². The summed E-state index contributed by atoms with van der Waals surface area (Å²) in [6.45, 7) is 18.9. The summed E-state index contributed by atoms with van der Waals surface area (Å²) in [7, 11) is -3.75. The molecule has 0 aromatic carbocycles. The van der Waals surface area contributed by atoms with E-state index in [0.29, 0.717) is 19.1 Å². The number of rotatable bonds is 18. The highest BCUT2D eigenvalue weighted by molar-refractivity contribution is 7.87. The number of alkyl halides is 3. The van der Waals surface area contributed by atoms with Crippen molar-refractivity contribution in [2.75, 3.05) is 21.3 Å². The minimum atomic E-state index is -5.93. The van der Waals surface area contributed by atoms with Crippen molar-refractivity contribution in [1.82, 2.24) is 4.98 Å². The van der Waals surface area contributed by atoms with Crippen LogP contribution >= 0.6 is 0 Å². The molecule has 270 valence electrons. The van der Waals surface area contributed by atoms with Crippen molar-refractivity contribution in [1.29, 1.82) is 0 Å². The molecule has 2 rings (SSSR count). The summed E-state index contributed by atoms with van der Waals surface area (Å²) in [6, 6.07) is 0. The van der Waals surface area contributed by atoms with Gasteiger partial charge >= 0.3 is 15.6 Å². The molecular formula is C32H52F3NO9SSi. The van der Waals surface area contributed by atoms with Crippen molar-refractivity contribution in [2.24, 2.45) is 0 Å². The van der Waals surface area contributed by atoms with Crippen LogP contribution in [0, 0.1) is 0 Å². The molecule has 1 saturated heterocycles. The van der Waals surface area contributed by atoms with Gasteiger partial charge in [0.25, 0.3) is 5.88 Å². The van der Waals surface area contributed by atoms with Gasteiger partial charge in [0.15, 0.2) is 12.1 Å². The second-order valence-electron chi connectivity index (χ2n) is 12.8. The molecule has 0 aliphatic carbocycles. The summed E-state index contributed by atoms with van der Waals surface area (Å²) in [6.07, 6.45) is 7.99. The maximum atomic E-state index is 12.9. The zero-order valence-electron chi connectivity index (χ0n) is 29.1. The van der Waals surface area contributed by atoms with E-state index in [1.54, 1.807) is 20.3 Å². The molecule has 0 unspecified atom stereocenters. The van der Waals surface area contributed by atoms with E-state index in [4.69, 9.17) is 27.8 Å². The van der Waals surface area contributed by atoms with Crippen molar-refractivity contribution in [3.05, 3.63) is 48.6 Å². The van der Waals surface area contributed by atoms with Crippen molar-refractivity contribution >= 4 is 18.4 Å². The number of allylic oxidation sites excluding steroid dienone is 2. The molecule has 1 aromatic rings. The van der Waals surface area contributed by atoms with Gasteiger partial charge in [-0.3, -0.25) is 0 Å². The maximum absolute atomic E-state index is 12.9. The molecule has 0 bridgehead atoms. The lowest BCUT2D eigenvalue weighted by Crippen LogP contribution is -2.57. The molecule has 0 saturated carbocycles. The summed E-state index contributed by atoms with van der Waals surface area (Å²) in [5, 5.41) is 0. The maximum Gasteiger partial charge on any atom is 0.534 e. The van der Waals surface area contributed by atoms with Crippen molar-refractivity contribution < 1.29 is 53.6 Å². The van der Waals surface area contributed by atoms with Gasteiger partial charge in [-0.2, -0.15) is 26.6 Å². The van der Waals surface area contributed by atoms with Crippen LogP contribution in [0.4, 0.5) is 13.2 Å². The Kier molecular flexibility index (Phi) is 15.0. The Balaban J connectivity index is 2.57. The topological polar surface area (TPSA) is 116 Å². The van der Waals surface area contributed by atoms with Gasteiger partial charge in [0, 0.05) is 34.2 Å². The summed E-state index contributed by atoms with van der Waals surface area (Å²) in [4.78, 5) is 3.82. The molecule has 15 heteroatoms. The molecule has 5 atom stereocenters. The minimum absolute atomic E-state index is 0.142. The first-order valence-corrected chi connectivity index (χ1v) is 19.2. The average Bonchev–Trinajstić information content (AvgIpc) is 3.41. The van der Waals surface area contributed by atoms with Gasteiger partial charge in [0.1, 0.15) is 0 Å². The van der Waals surface area contributed by atoms with Crippen LogP contribution < -0.4 is 4.18 Å². The lowest BCUT2D eigenvalue weighted by Gasteiger charge is -2.49. The molecule has 0 spiro atoms. The highest BCUT2D eigenvalue weighted by Crippen LogP contribution is 2.45. The van der Waals surface area contributed by atoms with E-state index in [1.165, 1.54) is 7.11 Å². The van der Waals surface area contributed by atoms with Crippen LogP contribution in [0.2, 0.25) is 16.6 Å². The molecule has 1 aromatic heterocycles. The van der Waals surface area contributed by atoms with E-state index in [2.05, 4.69) is 57.3 Å². The number of ether oxygens (including phenoxy) is 4. The van der Waals surface area contributed by atoms with Gasteiger partial charge in [-0.05, 0) is 30.0 Å². The van der Waals surface area contributed by atoms with Gasteiger partial charge in [-0.15, -0.1) is 6.58 Å². The Hall–Kier alpha value is -2.01. The molecular weight excluding hydrogens is 659 g/mol. The average molecular weight is 712 g/mol. The molecule has 47 heavy (non-hydrogen) atoms. The first kappa shape index (κ1) is 41.2. The fourth-order valence-corrected chi connectivity index (χ4v) is 12.3. The second-order valence-corrected chi connectivity index (χ2v) is 19.7. The summed E-state index contributed by atoms with van der Waals surface area (Å²) in [5.41, 5.74) is -3.89. The first-order valence-electron chi connectivity index (χ1n) is 15.7. The van der Waals surface area contributed by atoms with Gasteiger partial charge in [-0.25, -0.2) is 0 Å². The fourth-order valence-electron chi connectivity index (χ4n) is 6.42. The van der Waals surface area contributed by atoms with Crippen LogP contribution in [0.5, 0.6) is 5.88 Å². The zero-order chi connectivity index (χ0) is 35.8. The van der Waals surface area contributed by atoms with Gasteiger partial charge < -0.3 is 32.0 Å². The van der Waals surface area contributed by atoms with Crippen molar-refractivity contribution in [3.63, 3.8) is 0 Å². The number of halogens is 3. The van der Waals surface area contributed by atoms with Gasteiger partial charge in [-0.1, -0.05) is 71.4 Å². The number of methoxy groups -OCH3 is 3. The standard InChI is InChI=1S/C32H52F3NO9SSi/c1-12-13-25(39-9)15-14-24(8)16-28(45-47(21(2)3,22(4)5)23(6)7)27-17-26(40-10)18-31(41-11,43-27)19-29-36-30(20-42-29)44-46(37,38)32(33,34)35/h12,14-16,20-23,25-28H,1,13,17-19H2,2-11H3/b15-14+,24-16+/t25-,26-,27-,28-,31+/m1/s1. The van der Waals surface area contributed by atoms with E-state index in [9.17, 15) is 21.6 Å². The number of oxazole rings is 1. The van der Waals surface area contributed by atoms with Crippen molar-refractivity contribution in [3.8, 4) is 5.88 Å². The smallest absolute Gasteiger partial charge is 0.445 e. The van der Waals surface area contributed by atoms with Gasteiger partial charge in [0.05, 0.1) is 30.8 Å². The Morgan fingerprint density at radius 3 is 2.26 bits per heavy atom. The zero-order valence-corrected chi connectivity index (χ0v) is 30.9. The third-order valence-corrected chi connectivity index (χ3v) is 15.7. The number of aromatic nitrogens is 1. The molecule has 0 radical (unpaired) electrons. The number of hydrogen-bond acceptors (Lipinski definition) is 10. The Morgan fingerprint density at radius 2 is 1.77 bits per heavy atom. The Bertz CT molecular complexity index is 1290. The third kappa shape index (κ3) is 10.5. The quantitative estimate of drug-likeness (QED) is 0.0495. The van der Waals surface area contributed by atoms with Crippen molar-refractivity contribution in [2.45, 2.75) is 126 Å². The molecule has 1 aliphatic rings. The molecule has 1 fully saturated rings. The van der Waals surface area contributed by atoms with E-state index >= 15 is 0 Å². The molecule has 0 N–H and O–H groups in total. The second kappa shape index (κ2) is 17.1. The largest absolute Gasteiger partial charge is 0.534 e. The minimum Gasteiger partial charge on any atom is -0.445 e. The highest BCUT2D eigenvalue weighted by atomic mass is 32.2. The van der Waals surface area contributed by atoms with Crippen LogP contribution in [0.15, 0.2) is 47.1 Å². The van der Waals surface area contributed by atoms with Crippen LogP contribution in [0.25, 0.3) is 0 Å². The van der Waals surface area contributed by atoms with Crippen LogP contribution in [-0.4, -0.2) is 78.8 Å². The van der Waals surface area contributed by atoms with E-state index < -0.39 is 47.8 Å². The van der Waals surface area contributed by atoms with E-state index in [0.717, 1.165) is 5.57 Å². The Morgan fingerprint density at radius 1 is 1.15 bits per heavy atom. The summed E-state index contributed by atoms with van der Waals surface area (Å²) < 4.78 is 102. The van der Waals surface area contributed by atoms with Crippen LogP contribution in [-0.2, 0) is 39.9 Å². The molecule has 1 aliphatic heterocycles. The summed E-state index contributed by atoms with van der Waals surface area (Å²) in [5.74, 6) is -2.42.